The Balaban J connectivity index is 2.56. The molecular formula is C12H16N4O2. The molecule has 6 heteroatoms. The van der Waals surface area contributed by atoms with Crippen LogP contribution in [0.1, 0.15) is 27.4 Å². The molecule has 18 heavy (non-hydrogen) atoms. The summed E-state index contributed by atoms with van der Waals surface area (Å²) in [5.41, 5.74) is 3.43. The molecule has 0 aliphatic carbocycles. The van der Waals surface area contributed by atoms with Gasteiger partial charge in [0.1, 0.15) is 5.56 Å². The van der Waals surface area contributed by atoms with Crippen LogP contribution in [-0.4, -0.2) is 38.8 Å². The number of rotatable bonds is 3. The molecule has 0 aromatic carbocycles. The van der Waals surface area contributed by atoms with Gasteiger partial charge in [-0.25, -0.2) is 9.50 Å². The SMILES string of the molecule is Cc1cc(C)n2nc(C)c(C(=O)NCCO)c2n1. The molecule has 0 aliphatic rings. The maximum Gasteiger partial charge on any atom is 0.257 e. The maximum absolute atomic E-state index is 12.0. The molecule has 0 atom stereocenters. The lowest BCUT2D eigenvalue weighted by Crippen LogP contribution is -2.27. The quantitative estimate of drug-likeness (QED) is 0.822. The standard InChI is InChI=1S/C12H16N4O2/c1-7-6-8(2)16-11(14-7)10(9(3)15-16)12(18)13-4-5-17/h6,17H,4-5H2,1-3H3,(H,13,18). The van der Waals surface area contributed by atoms with Crippen LogP contribution in [0, 0.1) is 20.8 Å². The number of hydrogen-bond acceptors (Lipinski definition) is 4. The van der Waals surface area contributed by atoms with Crippen molar-refractivity contribution in [2.24, 2.45) is 0 Å². The number of aliphatic hydroxyl groups is 1. The van der Waals surface area contributed by atoms with E-state index in [-0.39, 0.29) is 19.1 Å². The van der Waals surface area contributed by atoms with Crippen LogP contribution in [-0.2, 0) is 0 Å². The Kier molecular flexibility index (Phi) is 3.29. The largest absolute Gasteiger partial charge is 0.395 e. The third-order valence-corrected chi connectivity index (χ3v) is 2.69. The van der Waals surface area contributed by atoms with Gasteiger partial charge < -0.3 is 10.4 Å². The van der Waals surface area contributed by atoms with Gasteiger partial charge in [-0.05, 0) is 26.8 Å². The third-order valence-electron chi connectivity index (χ3n) is 2.69. The van der Waals surface area contributed by atoms with E-state index in [1.807, 2.05) is 19.9 Å². The molecule has 0 radical (unpaired) electrons. The van der Waals surface area contributed by atoms with Crippen LogP contribution in [0.2, 0.25) is 0 Å². The second-order valence-corrected chi connectivity index (χ2v) is 4.21. The van der Waals surface area contributed by atoms with Crippen molar-refractivity contribution < 1.29 is 9.90 Å². The van der Waals surface area contributed by atoms with Gasteiger partial charge in [0, 0.05) is 17.9 Å². The Morgan fingerprint density at radius 2 is 2.17 bits per heavy atom. The van der Waals surface area contributed by atoms with Gasteiger partial charge >= 0.3 is 0 Å². The molecule has 2 aromatic heterocycles. The highest BCUT2D eigenvalue weighted by Crippen LogP contribution is 2.15. The average Bonchev–Trinajstić information content (AvgIpc) is 2.63. The molecule has 0 spiro atoms. The van der Waals surface area contributed by atoms with E-state index < -0.39 is 0 Å². The first kappa shape index (κ1) is 12.5. The van der Waals surface area contributed by atoms with Gasteiger partial charge in [-0.2, -0.15) is 5.10 Å². The van der Waals surface area contributed by atoms with Crippen LogP contribution in [0.25, 0.3) is 5.65 Å². The van der Waals surface area contributed by atoms with Gasteiger partial charge in [0.15, 0.2) is 5.65 Å². The van der Waals surface area contributed by atoms with Crippen LogP contribution in [0.4, 0.5) is 0 Å². The van der Waals surface area contributed by atoms with E-state index in [1.54, 1.807) is 11.4 Å². The number of hydrogen-bond donors (Lipinski definition) is 2. The van der Waals surface area contributed by atoms with E-state index in [2.05, 4.69) is 15.4 Å². The Hall–Kier alpha value is -1.95. The number of carbonyl (C=O) groups is 1. The first-order valence-electron chi connectivity index (χ1n) is 5.77. The van der Waals surface area contributed by atoms with E-state index in [4.69, 9.17) is 5.11 Å². The molecule has 0 bridgehead atoms. The van der Waals surface area contributed by atoms with E-state index in [9.17, 15) is 4.79 Å². The summed E-state index contributed by atoms with van der Waals surface area (Å²) < 4.78 is 1.66. The Labute approximate surface area is 105 Å². The van der Waals surface area contributed by atoms with Crippen LogP contribution >= 0.6 is 0 Å². The molecule has 0 saturated carbocycles. The Morgan fingerprint density at radius 3 is 2.83 bits per heavy atom. The number of amides is 1. The lowest BCUT2D eigenvalue weighted by Gasteiger charge is -2.03. The fourth-order valence-electron chi connectivity index (χ4n) is 1.95. The second-order valence-electron chi connectivity index (χ2n) is 4.21. The number of nitrogens with one attached hydrogen (secondary N) is 1. The minimum absolute atomic E-state index is 0.0878. The van der Waals surface area contributed by atoms with Crippen molar-refractivity contribution >= 4 is 11.6 Å². The summed E-state index contributed by atoms with van der Waals surface area (Å²) in [7, 11) is 0. The van der Waals surface area contributed by atoms with Crippen LogP contribution in [0.15, 0.2) is 6.07 Å². The predicted octanol–water partition coefficient (Wildman–Crippen LogP) is 0.377. The summed E-state index contributed by atoms with van der Waals surface area (Å²) in [6, 6.07) is 1.91. The van der Waals surface area contributed by atoms with Crippen molar-refractivity contribution in [2.45, 2.75) is 20.8 Å². The monoisotopic (exact) mass is 248 g/mol. The van der Waals surface area contributed by atoms with E-state index in [0.29, 0.717) is 16.9 Å². The molecule has 2 heterocycles. The number of aryl methyl sites for hydroxylation is 3. The normalized spacial score (nSPS) is 10.9. The average molecular weight is 248 g/mol. The molecule has 0 unspecified atom stereocenters. The Morgan fingerprint density at radius 1 is 1.44 bits per heavy atom. The molecular weight excluding hydrogens is 232 g/mol. The first-order valence-corrected chi connectivity index (χ1v) is 5.77. The maximum atomic E-state index is 12.0. The van der Waals surface area contributed by atoms with E-state index in [1.165, 1.54) is 0 Å². The van der Waals surface area contributed by atoms with Crippen molar-refractivity contribution in [3.63, 3.8) is 0 Å². The van der Waals surface area contributed by atoms with Gasteiger partial charge in [0.2, 0.25) is 0 Å². The smallest absolute Gasteiger partial charge is 0.257 e. The molecule has 2 N–H and O–H groups in total. The van der Waals surface area contributed by atoms with Crippen molar-refractivity contribution in [3.8, 4) is 0 Å². The van der Waals surface area contributed by atoms with Crippen LogP contribution < -0.4 is 5.32 Å². The molecule has 0 fully saturated rings. The van der Waals surface area contributed by atoms with E-state index >= 15 is 0 Å². The summed E-state index contributed by atoms with van der Waals surface area (Å²) in [6.45, 7) is 5.71. The zero-order valence-corrected chi connectivity index (χ0v) is 10.7. The van der Waals surface area contributed by atoms with Gasteiger partial charge in [-0.3, -0.25) is 4.79 Å². The molecule has 6 nitrogen and oxygen atoms in total. The fraction of sp³-hybridized carbons (Fsp3) is 0.417. The first-order chi connectivity index (χ1) is 8.54. The predicted molar refractivity (Wildman–Crippen MR) is 66.6 cm³/mol. The summed E-state index contributed by atoms with van der Waals surface area (Å²) in [5.74, 6) is -0.256. The number of carbonyl (C=O) groups excluding carboxylic acids is 1. The number of fused-ring (bicyclic) bond motifs is 1. The fourth-order valence-corrected chi connectivity index (χ4v) is 1.95. The summed E-state index contributed by atoms with van der Waals surface area (Å²) in [4.78, 5) is 16.4. The van der Waals surface area contributed by atoms with Gasteiger partial charge in [-0.15, -0.1) is 0 Å². The zero-order chi connectivity index (χ0) is 13.3. The zero-order valence-electron chi connectivity index (χ0n) is 10.7. The highest BCUT2D eigenvalue weighted by atomic mass is 16.3. The van der Waals surface area contributed by atoms with Gasteiger partial charge in [0.05, 0.1) is 12.3 Å². The number of aromatic nitrogens is 3. The summed E-state index contributed by atoms with van der Waals surface area (Å²) in [6.07, 6.45) is 0. The summed E-state index contributed by atoms with van der Waals surface area (Å²) in [5, 5.41) is 15.7. The molecule has 0 aliphatic heterocycles. The van der Waals surface area contributed by atoms with Gasteiger partial charge in [-0.1, -0.05) is 0 Å². The lowest BCUT2D eigenvalue weighted by molar-refractivity contribution is 0.0945. The van der Waals surface area contributed by atoms with Crippen LogP contribution in [0.3, 0.4) is 0 Å². The minimum atomic E-state index is -0.256. The topological polar surface area (TPSA) is 79.5 Å². The lowest BCUT2D eigenvalue weighted by atomic mass is 10.2. The number of nitrogens with zero attached hydrogens (tertiary/aromatic N) is 3. The molecule has 96 valence electrons. The highest BCUT2D eigenvalue weighted by molar-refractivity contribution is 6.01. The second kappa shape index (κ2) is 4.73. The highest BCUT2D eigenvalue weighted by Gasteiger charge is 2.18. The minimum Gasteiger partial charge on any atom is -0.395 e. The van der Waals surface area contributed by atoms with Gasteiger partial charge in [0.25, 0.3) is 5.91 Å². The van der Waals surface area contributed by atoms with E-state index in [0.717, 1.165) is 11.4 Å². The Bertz CT molecular complexity index is 604. The molecule has 0 saturated heterocycles. The third kappa shape index (κ3) is 2.06. The summed E-state index contributed by atoms with van der Waals surface area (Å²) >= 11 is 0. The number of aliphatic hydroxyl groups excluding tert-OH is 1. The molecule has 1 amide bonds. The van der Waals surface area contributed by atoms with Crippen molar-refractivity contribution in [3.05, 3.63) is 28.7 Å². The van der Waals surface area contributed by atoms with Crippen LogP contribution in [0.5, 0.6) is 0 Å². The van der Waals surface area contributed by atoms with Crippen molar-refractivity contribution in [1.29, 1.82) is 0 Å². The molecule has 2 aromatic rings. The molecule has 2 rings (SSSR count). The van der Waals surface area contributed by atoms with Crippen molar-refractivity contribution in [1.82, 2.24) is 19.9 Å². The van der Waals surface area contributed by atoms with Crippen molar-refractivity contribution in [2.75, 3.05) is 13.2 Å².